The van der Waals surface area contributed by atoms with Crippen LogP contribution in [-0.2, 0) is 0 Å². The Morgan fingerprint density at radius 2 is 2.18 bits per heavy atom. The Labute approximate surface area is 112 Å². The van der Waals surface area contributed by atoms with E-state index in [-0.39, 0.29) is 0 Å². The third-order valence-corrected chi connectivity index (χ3v) is 4.04. The second-order valence-corrected chi connectivity index (χ2v) is 4.86. The van der Waals surface area contributed by atoms with Crippen molar-refractivity contribution in [2.24, 2.45) is 0 Å². The number of fused-ring (bicyclic) bond motifs is 1. The molecule has 84 valence electrons. The van der Waals surface area contributed by atoms with Crippen LogP contribution in [0.4, 0.5) is 0 Å². The molecular formula is C12H9IN4. The van der Waals surface area contributed by atoms with E-state index < -0.39 is 0 Å². The van der Waals surface area contributed by atoms with Crippen molar-refractivity contribution in [3.63, 3.8) is 0 Å². The lowest BCUT2D eigenvalue weighted by atomic mass is 10.1. The summed E-state index contributed by atoms with van der Waals surface area (Å²) >= 11 is 2.34. The van der Waals surface area contributed by atoms with Gasteiger partial charge in [-0.05, 0) is 35.1 Å². The van der Waals surface area contributed by atoms with E-state index in [1.807, 2.05) is 6.07 Å². The number of aromatic nitrogens is 4. The second kappa shape index (κ2) is 4.06. The summed E-state index contributed by atoms with van der Waals surface area (Å²) in [7, 11) is 0. The van der Waals surface area contributed by atoms with E-state index >= 15 is 0 Å². The maximum absolute atomic E-state index is 4.47. The van der Waals surface area contributed by atoms with Gasteiger partial charge in [-0.1, -0.05) is 18.2 Å². The summed E-state index contributed by atoms with van der Waals surface area (Å²) in [5.41, 5.74) is 3.91. The van der Waals surface area contributed by atoms with Crippen LogP contribution >= 0.6 is 22.6 Å². The summed E-state index contributed by atoms with van der Waals surface area (Å²) in [6.45, 7) is 2.09. The van der Waals surface area contributed by atoms with E-state index in [9.17, 15) is 0 Å². The fourth-order valence-corrected chi connectivity index (χ4v) is 2.33. The monoisotopic (exact) mass is 336 g/mol. The smallest absolute Gasteiger partial charge is 0.181 e. The lowest BCUT2D eigenvalue weighted by molar-refractivity contribution is 1.20. The number of nitrogens with one attached hydrogen (secondary N) is 1. The van der Waals surface area contributed by atoms with Gasteiger partial charge < -0.3 is 4.98 Å². The predicted octanol–water partition coefficient (Wildman–Crippen LogP) is 2.93. The van der Waals surface area contributed by atoms with Crippen molar-refractivity contribution in [3.05, 3.63) is 39.9 Å². The first-order valence-electron chi connectivity index (χ1n) is 5.17. The summed E-state index contributed by atoms with van der Waals surface area (Å²) in [5.74, 6) is 0.841. The number of benzene rings is 1. The molecule has 0 radical (unpaired) electrons. The number of aromatic amines is 1. The van der Waals surface area contributed by atoms with Gasteiger partial charge in [-0.15, -0.1) is 0 Å². The van der Waals surface area contributed by atoms with Crippen LogP contribution in [0.15, 0.2) is 30.7 Å². The molecule has 0 aliphatic heterocycles. The molecule has 0 aliphatic rings. The highest BCUT2D eigenvalue weighted by Crippen LogP contribution is 2.26. The van der Waals surface area contributed by atoms with Crippen molar-refractivity contribution in [1.82, 2.24) is 19.9 Å². The zero-order valence-electron chi connectivity index (χ0n) is 9.11. The molecule has 3 rings (SSSR count). The highest BCUT2D eigenvalue weighted by atomic mass is 127. The number of aryl methyl sites for hydroxylation is 1. The van der Waals surface area contributed by atoms with Gasteiger partial charge >= 0.3 is 0 Å². The summed E-state index contributed by atoms with van der Waals surface area (Å²) in [4.78, 5) is 15.8. The molecule has 0 spiro atoms. The average Bonchev–Trinajstić information content (AvgIpc) is 2.76. The van der Waals surface area contributed by atoms with Gasteiger partial charge in [0.2, 0.25) is 0 Å². The first-order chi connectivity index (χ1) is 8.25. The Balaban J connectivity index is 2.24. The van der Waals surface area contributed by atoms with Gasteiger partial charge in [-0.2, -0.15) is 0 Å². The third-order valence-electron chi connectivity index (χ3n) is 2.61. The van der Waals surface area contributed by atoms with Crippen molar-refractivity contribution in [2.75, 3.05) is 0 Å². The Hall–Kier alpha value is -1.50. The normalized spacial score (nSPS) is 10.9. The van der Waals surface area contributed by atoms with E-state index in [1.165, 1.54) is 15.5 Å². The van der Waals surface area contributed by atoms with Gasteiger partial charge in [0.15, 0.2) is 5.65 Å². The van der Waals surface area contributed by atoms with E-state index in [2.05, 4.69) is 61.6 Å². The molecule has 0 unspecified atom stereocenters. The molecule has 4 nitrogen and oxygen atoms in total. The highest BCUT2D eigenvalue weighted by Gasteiger charge is 2.10. The fourth-order valence-electron chi connectivity index (χ4n) is 1.72. The first kappa shape index (κ1) is 10.6. The number of rotatable bonds is 1. The molecular weight excluding hydrogens is 327 g/mol. The largest absolute Gasteiger partial charge is 0.335 e. The minimum Gasteiger partial charge on any atom is -0.335 e. The Kier molecular flexibility index (Phi) is 2.54. The minimum absolute atomic E-state index is 0.701. The molecule has 2 aromatic heterocycles. The fraction of sp³-hybridized carbons (Fsp3) is 0.0833. The van der Waals surface area contributed by atoms with Crippen molar-refractivity contribution >= 4 is 33.8 Å². The molecule has 0 atom stereocenters. The van der Waals surface area contributed by atoms with Crippen LogP contribution in [0.1, 0.15) is 5.56 Å². The van der Waals surface area contributed by atoms with Gasteiger partial charge in [0, 0.05) is 9.13 Å². The molecule has 0 bridgehead atoms. The highest BCUT2D eigenvalue weighted by molar-refractivity contribution is 14.1. The van der Waals surface area contributed by atoms with Crippen LogP contribution in [0, 0.1) is 10.5 Å². The molecule has 3 aromatic rings. The Morgan fingerprint density at radius 3 is 3.00 bits per heavy atom. The lowest BCUT2D eigenvalue weighted by Crippen LogP contribution is -1.88. The van der Waals surface area contributed by atoms with Gasteiger partial charge in [0.05, 0.1) is 6.20 Å². The summed E-state index contributed by atoms with van der Waals surface area (Å²) < 4.78 is 1.21. The number of halogens is 1. The van der Waals surface area contributed by atoms with Gasteiger partial charge in [-0.3, -0.25) is 0 Å². The summed E-state index contributed by atoms with van der Waals surface area (Å²) in [6.07, 6.45) is 3.25. The molecule has 17 heavy (non-hydrogen) atoms. The van der Waals surface area contributed by atoms with Crippen molar-refractivity contribution in [1.29, 1.82) is 0 Å². The number of hydrogen-bond donors (Lipinski definition) is 1. The third kappa shape index (κ3) is 1.80. The zero-order valence-corrected chi connectivity index (χ0v) is 11.3. The van der Waals surface area contributed by atoms with Crippen LogP contribution in [0.5, 0.6) is 0 Å². The molecule has 0 saturated carbocycles. The van der Waals surface area contributed by atoms with Gasteiger partial charge in [0.25, 0.3) is 0 Å². The Morgan fingerprint density at radius 1 is 1.29 bits per heavy atom. The quantitative estimate of drug-likeness (QED) is 0.695. The number of H-pyrrole nitrogens is 1. The lowest BCUT2D eigenvalue weighted by Gasteiger charge is -2.03. The van der Waals surface area contributed by atoms with E-state index in [4.69, 9.17) is 0 Å². The standard InChI is InChI=1S/C12H9IN4/c1-7-3-2-4-8(10(7)13)11-16-9-5-14-6-15-12(9)17-11/h2-6H,1H3,(H,14,15,16,17). The van der Waals surface area contributed by atoms with Gasteiger partial charge in [-0.25, -0.2) is 15.0 Å². The summed E-state index contributed by atoms with van der Waals surface area (Å²) in [5, 5.41) is 0. The van der Waals surface area contributed by atoms with Crippen molar-refractivity contribution < 1.29 is 0 Å². The van der Waals surface area contributed by atoms with Crippen molar-refractivity contribution in [3.8, 4) is 11.4 Å². The van der Waals surface area contributed by atoms with E-state index in [1.54, 1.807) is 6.20 Å². The van der Waals surface area contributed by atoms with Crippen LogP contribution in [-0.4, -0.2) is 19.9 Å². The number of hydrogen-bond acceptors (Lipinski definition) is 3. The molecule has 1 N–H and O–H groups in total. The van der Waals surface area contributed by atoms with Crippen LogP contribution in [0.2, 0.25) is 0 Å². The second-order valence-electron chi connectivity index (χ2n) is 3.78. The maximum atomic E-state index is 4.47. The van der Waals surface area contributed by atoms with Crippen molar-refractivity contribution in [2.45, 2.75) is 6.92 Å². The minimum atomic E-state index is 0.701. The topological polar surface area (TPSA) is 54.5 Å². The van der Waals surface area contributed by atoms with Crippen LogP contribution < -0.4 is 0 Å². The van der Waals surface area contributed by atoms with Gasteiger partial charge in [0.1, 0.15) is 17.7 Å². The average molecular weight is 336 g/mol. The summed E-state index contributed by atoms with van der Waals surface area (Å²) in [6, 6.07) is 6.18. The maximum Gasteiger partial charge on any atom is 0.181 e. The number of nitrogens with zero attached hydrogens (tertiary/aromatic N) is 3. The Bertz CT molecular complexity index is 657. The molecule has 5 heteroatoms. The predicted molar refractivity (Wildman–Crippen MR) is 74.6 cm³/mol. The molecule has 0 aliphatic carbocycles. The molecule has 0 amide bonds. The molecule has 0 fully saturated rings. The number of imidazole rings is 1. The molecule has 2 heterocycles. The van der Waals surface area contributed by atoms with Crippen LogP contribution in [0.3, 0.4) is 0 Å². The van der Waals surface area contributed by atoms with E-state index in [0.717, 1.165) is 16.9 Å². The zero-order chi connectivity index (χ0) is 11.8. The molecule has 0 saturated heterocycles. The van der Waals surface area contributed by atoms with Crippen LogP contribution in [0.25, 0.3) is 22.6 Å². The first-order valence-corrected chi connectivity index (χ1v) is 6.25. The molecule has 1 aromatic carbocycles. The SMILES string of the molecule is Cc1cccc(-c2nc3ncncc3[nH]2)c1I. The van der Waals surface area contributed by atoms with E-state index in [0.29, 0.717) is 5.65 Å².